The molecule has 16 heavy (non-hydrogen) atoms. The lowest BCUT2D eigenvalue weighted by Gasteiger charge is -2.32. The van der Waals surface area contributed by atoms with Crippen molar-refractivity contribution in [1.29, 1.82) is 0 Å². The Bertz CT molecular complexity index is 326. The molecule has 1 aromatic rings. The number of hydrogen-bond acceptors (Lipinski definition) is 4. The summed E-state index contributed by atoms with van der Waals surface area (Å²) in [4.78, 5) is 6.86. The molecule has 2 heterocycles. The van der Waals surface area contributed by atoms with Crippen LogP contribution in [-0.4, -0.2) is 29.1 Å². The number of nitrogens with zero attached hydrogens (tertiary/aromatic N) is 2. The molecule has 4 heteroatoms. The molecule has 1 atom stereocenters. The van der Waals surface area contributed by atoms with Crippen molar-refractivity contribution in [1.82, 2.24) is 4.98 Å². The van der Waals surface area contributed by atoms with Gasteiger partial charge in [-0.05, 0) is 18.1 Å². The van der Waals surface area contributed by atoms with E-state index in [4.69, 9.17) is 5.73 Å². The first-order valence-corrected chi connectivity index (χ1v) is 6.90. The zero-order chi connectivity index (χ0) is 11.4. The van der Waals surface area contributed by atoms with Crippen LogP contribution in [0.3, 0.4) is 0 Å². The van der Waals surface area contributed by atoms with Crippen molar-refractivity contribution >= 4 is 17.6 Å². The third-order valence-corrected chi connectivity index (χ3v) is 4.34. The minimum absolute atomic E-state index is 0.570. The van der Waals surface area contributed by atoms with Crippen LogP contribution < -0.4 is 10.6 Å². The molecule has 1 aromatic heterocycles. The Labute approximate surface area is 101 Å². The highest BCUT2D eigenvalue weighted by atomic mass is 32.2. The van der Waals surface area contributed by atoms with Gasteiger partial charge in [0.15, 0.2) is 0 Å². The fraction of sp³-hybridized carbons (Fsp3) is 0.583. The van der Waals surface area contributed by atoms with Gasteiger partial charge in [-0.25, -0.2) is 4.98 Å². The summed E-state index contributed by atoms with van der Waals surface area (Å²) in [6.45, 7) is 5.05. The van der Waals surface area contributed by atoms with Gasteiger partial charge >= 0.3 is 0 Å². The highest BCUT2D eigenvalue weighted by Crippen LogP contribution is 2.24. The SMILES string of the molecule is CCC1CN(c2ccc(CN)cn2)CCS1. The molecule has 1 aliphatic rings. The molecule has 2 rings (SSSR count). The molecule has 0 bridgehead atoms. The molecule has 2 N–H and O–H groups in total. The number of rotatable bonds is 3. The van der Waals surface area contributed by atoms with Gasteiger partial charge in [0.05, 0.1) is 0 Å². The maximum atomic E-state index is 5.56. The molecule has 88 valence electrons. The first kappa shape index (κ1) is 11.7. The summed E-state index contributed by atoms with van der Waals surface area (Å²) in [5, 5.41) is 0.754. The monoisotopic (exact) mass is 237 g/mol. The van der Waals surface area contributed by atoms with Crippen LogP contribution >= 0.6 is 11.8 Å². The average molecular weight is 237 g/mol. The number of aromatic nitrogens is 1. The number of anilines is 1. The summed E-state index contributed by atoms with van der Waals surface area (Å²) >= 11 is 2.08. The molecule has 1 saturated heterocycles. The molecule has 0 aromatic carbocycles. The van der Waals surface area contributed by atoms with Crippen LogP contribution in [0.15, 0.2) is 18.3 Å². The van der Waals surface area contributed by atoms with Crippen LogP contribution in [0.5, 0.6) is 0 Å². The molecular formula is C12H19N3S. The Morgan fingerprint density at radius 3 is 3.06 bits per heavy atom. The second kappa shape index (κ2) is 5.55. The van der Waals surface area contributed by atoms with Gasteiger partial charge in [-0.1, -0.05) is 13.0 Å². The molecule has 0 spiro atoms. The number of nitrogens with two attached hydrogens (primary N) is 1. The number of thioether (sulfide) groups is 1. The molecule has 1 unspecified atom stereocenters. The Morgan fingerprint density at radius 1 is 1.56 bits per heavy atom. The van der Waals surface area contributed by atoms with E-state index in [0.717, 1.165) is 29.7 Å². The maximum Gasteiger partial charge on any atom is 0.128 e. The lowest BCUT2D eigenvalue weighted by atomic mass is 10.2. The van der Waals surface area contributed by atoms with Crippen LogP contribution in [0.25, 0.3) is 0 Å². The van der Waals surface area contributed by atoms with E-state index in [2.05, 4.69) is 40.7 Å². The first-order valence-electron chi connectivity index (χ1n) is 5.85. The summed E-state index contributed by atoms with van der Waals surface area (Å²) in [6.07, 6.45) is 3.13. The largest absolute Gasteiger partial charge is 0.355 e. The second-order valence-corrected chi connectivity index (χ2v) is 5.48. The van der Waals surface area contributed by atoms with Crippen molar-refractivity contribution in [2.45, 2.75) is 25.1 Å². The summed E-state index contributed by atoms with van der Waals surface area (Å²) < 4.78 is 0. The summed E-state index contributed by atoms with van der Waals surface area (Å²) in [5.74, 6) is 2.30. The van der Waals surface area contributed by atoms with Gasteiger partial charge < -0.3 is 10.6 Å². The molecular weight excluding hydrogens is 218 g/mol. The van der Waals surface area contributed by atoms with E-state index in [9.17, 15) is 0 Å². The first-order chi connectivity index (χ1) is 7.83. The van der Waals surface area contributed by atoms with E-state index in [-0.39, 0.29) is 0 Å². The Balaban J connectivity index is 2.05. The standard InChI is InChI=1S/C12H19N3S/c1-2-11-9-15(5-6-16-11)12-4-3-10(7-13)8-14-12/h3-4,8,11H,2,5-7,9,13H2,1H3. The lowest BCUT2D eigenvalue weighted by molar-refractivity contribution is 0.719. The van der Waals surface area contributed by atoms with Crippen molar-refractivity contribution in [3.8, 4) is 0 Å². The van der Waals surface area contributed by atoms with Gasteiger partial charge in [0.1, 0.15) is 5.82 Å². The minimum Gasteiger partial charge on any atom is -0.355 e. The van der Waals surface area contributed by atoms with E-state index in [0.29, 0.717) is 6.54 Å². The third-order valence-electron chi connectivity index (χ3n) is 2.96. The smallest absolute Gasteiger partial charge is 0.128 e. The highest BCUT2D eigenvalue weighted by Gasteiger charge is 2.19. The summed E-state index contributed by atoms with van der Waals surface area (Å²) in [7, 11) is 0. The molecule has 0 saturated carbocycles. The second-order valence-electron chi connectivity index (χ2n) is 4.08. The van der Waals surface area contributed by atoms with Gasteiger partial charge in [0.25, 0.3) is 0 Å². The predicted octanol–water partition coefficient (Wildman–Crippen LogP) is 1.87. The van der Waals surface area contributed by atoms with E-state index in [1.807, 2.05) is 6.20 Å². The van der Waals surface area contributed by atoms with Gasteiger partial charge in [-0.15, -0.1) is 0 Å². The van der Waals surface area contributed by atoms with E-state index in [1.54, 1.807) is 0 Å². The van der Waals surface area contributed by atoms with Gasteiger partial charge in [0, 0.05) is 36.8 Å². The van der Waals surface area contributed by atoms with Crippen molar-refractivity contribution in [3.05, 3.63) is 23.9 Å². The molecule has 0 radical (unpaired) electrons. The minimum atomic E-state index is 0.570. The normalized spacial score (nSPS) is 21.1. The van der Waals surface area contributed by atoms with Crippen LogP contribution in [0, 0.1) is 0 Å². The van der Waals surface area contributed by atoms with Gasteiger partial charge in [-0.3, -0.25) is 0 Å². The third kappa shape index (κ3) is 2.68. The fourth-order valence-electron chi connectivity index (χ4n) is 1.90. The number of hydrogen-bond donors (Lipinski definition) is 1. The van der Waals surface area contributed by atoms with E-state index < -0.39 is 0 Å². The zero-order valence-corrected chi connectivity index (χ0v) is 10.5. The van der Waals surface area contributed by atoms with Crippen LogP contribution in [0.4, 0.5) is 5.82 Å². The Kier molecular flexibility index (Phi) is 4.07. The highest BCUT2D eigenvalue weighted by molar-refractivity contribution is 8.00. The fourth-order valence-corrected chi connectivity index (χ4v) is 3.08. The molecule has 1 fully saturated rings. The number of pyridine rings is 1. The van der Waals surface area contributed by atoms with Crippen molar-refractivity contribution in [2.24, 2.45) is 5.73 Å². The maximum absolute atomic E-state index is 5.56. The van der Waals surface area contributed by atoms with Gasteiger partial charge in [0.2, 0.25) is 0 Å². The van der Waals surface area contributed by atoms with Crippen molar-refractivity contribution in [2.75, 3.05) is 23.7 Å². The van der Waals surface area contributed by atoms with Crippen molar-refractivity contribution < 1.29 is 0 Å². The molecule has 1 aliphatic heterocycles. The Hall–Kier alpha value is -0.740. The molecule has 3 nitrogen and oxygen atoms in total. The summed E-state index contributed by atoms with van der Waals surface area (Å²) in [5.41, 5.74) is 6.66. The topological polar surface area (TPSA) is 42.1 Å². The van der Waals surface area contributed by atoms with E-state index in [1.165, 1.54) is 12.2 Å². The average Bonchev–Trinajstić information content (AvgIpc) is 2.39. The molecule has 0 aliphatic carbocycles. The molecule has 0 amide bonds. The van der Waals surface area contributed by atoms with Crippen molar-refractivity contribution in [3.63, 3.8) is 0 Å². The van der Waals surface area contributed by atoms with Gasteiger partial charge in [-0.2, -0.15) is 11.8 Å². The Morgan fingerprint density at radius 2 is 2.44 bits per heavy atom. The van der Waals surface area contributed by atoms with Crippen LogP contribution in [0.1, 0.15) is 18.9 Å². The quantitative estimate of drug-likeness (QED) is 0.871. The predicted molar refractivity (Wildman–Crippen MR) is 70.9 cm³/mol. The lowest BCUT2D eigenvalue weighted by Crippen LogP contribution is -2.38. The summed E-state index contributed by atoms with van der Waals surface area (Å²) in [6, 6.07) is 4.16. The zero-order valence-electron chi connectivity index (χ0n) is 9.72. The van der Waals surface area contributed by atoms with Crippen LogP contribution in [0.2, 0.25) is 0 Å². The van der Waals surface area contributed by atoms with E-state index >= 15 is 0 Å². The van der Waals surface area contributed by atoms with Crippen LogP contribution in [-0.2, 0) is 6.54 Å².